The maximum absolute atomic E-state index is 13.6. The number of hydrogen-bond donors (Lipinski definition) is 0. The highest BCUT2D eigenvalue weighted by Gasteiger charge is 2.55. The molecule has 0 spiro atoms. The molecule has 1 heterocycles. The number of rotatable bonds is 6. The van der Waals surface area contributed by atoms with Crippen LogP contribution in [0.15, 0.2) is 64.2 Å². The molecule has 0 bridgehead atoms. The number of esters is 1. The van der Waals surface area contributed by atoms with Gasteiger partial charge in [-0.25, -0.2) is 9.59 Å². The molecular weight excluding hydrogens is 488 g/mol. The highest BCUT2D eigenvalue weighted by atomic mass is 79.9. The molecule has 0 aromatic heterocycles. The number of azide groups is 1. The molecule has 2 aromatic rings. The predicted octanol–water partition coefficient (Wildman–Crippen LogP) is 5.79. The van der Waals surface area contributed by atoms with Gasteiger partial charge in [0, 0.05) is 22.4 Å². The summed E-state index contributed by atoms with van der Waals surface area (Å²) >= 11 is 3.42. The molecule has 3 rings (SSSR count). The average Bonchev–Trinajstić information content (AvgIpc) is 3.13. The lowest BCUT2D eigenvalue weighted by Gasteiger charge is -2.37. The summed E-state index contributed by atoms with van der Waals surface area (Å²) in [5, 5.41) is 3.82. The number of hydrogen-bond acceptors (Lipinski definition) is 5. The van der Waals surface area contributed by atoms with Crippen molar-refractivity contribution in [2.75, 3.05) is 6.54 Å². The van der Waals surface area contributed by atoms with E-state index < -0.39 is 29.2 Å². The number of carbonyl (C=O) groups excluding carboxylic acids is 2. The van der Waals surface area contributed by atoms with Gasteiger partial charge in [-0.3, -0.25) is 4.90 Å². The molecule has 0 radical (unpaired) electrons. The molecule has 33 heavy (non-hydrogen) atoms. The Balaban J connectivity index is 1.98. The molecule has 0 aliphatic carbocycles. The maximum atomic E-state index is 13.6. The lowest BCUT2D eigenvalue weighted by molar-refractivity contribution is -0.157. The van der Waals surface area contributed by atoms with Crippen LogP contribution in [0.2, 0.25) is 0 Å². The lowest BCUT2D eigenvalue weighted by Crippen LogP contribution is -2.56. The number of likely N-dealkylation sites (tertiary alicyclic amines) is 1. The minimum absolute atomic E-state index is 0.0654. The molecule has 1 aliphatic rings. The predicted molar refractivity (Wildman–Crippen MR) is 127 cm³/mol. The van der Waals surface area contributed by atoms with Crippen LogP contribution in [0.4, 0.5) is 4.79 Å². The fraction of sp³-hybridized carbons (Fsp3) is 0.417. The van der Waals surface area contributed by atoms with Gasteiger partial charge in [-0.15, -0.1) is 0 Å². The number of amides is 1. The minimum atomic E-state index is -1.37. The van der Waals surface area contributed by atoms with E-state index in [4.69, 9.17) is 15.0 Å². The van der Waals surface area contributed by atoms with Gasteiger partial charge in [-0.1, -0.05) is 63.5 Å². The maximum Gasteiger partial charge on any atom is 0.411 e. The number of carbonyl (C=O) groups is 2. The van der Waals surface area contributed by atoms with Gasteiger partial charge in [0.1, 0.15) is 17.7 Å². The van der Waals surface area contributed by atoms with Crippen LogP contribution in [0, 0.1) is 0 Å². The Morgan fingerprint density at radius 3 is 2.42 bits per heavy atom. The number of halogens is 1. The van der Waals surface area contributed by atoms with Crippen molar-refractivity contribution in [3.63, 3.8) is 0 Å². The second-order valence-corrected chi connectivity index (χ2v) is 9.97. The molecule has 2 aromatic carbocycles. The molecule has 8 nitrogen and oxygen atoms in total. The highest BCUT2D eigenvalue weighted by molar-refractivity contribution is 9.10. The first-order valence-electron chi connectivity index (χ1n) is 10.6. The molecule has 0 saturated carbocycles. The van der Waals surface area contributed by atoms with Gasteiger partial charge in [0.2, 0.25) is 0 Å². The van der Waals surface area contributed by atoms with E-state index in [0.717, 1.165) is 15.6 Å². The third-order valence-corrected chi connectivity index (χ3v) is 5.84. The van der Waals surface area contributed by atoms with Crippen molar-refractivity contribution in [2.24, 2.45) is 5.11 Å². The summed E-state index contributed by atoms with van der Waals surface area (Å²) < 4.78 is 12.2. The summed E-state index contributed by atoms with van der Waals surface area (Å²) in [6.45, 7) is 5.41. The van der Waals surface area contributed by atoms with E-state index in [1.54, 1.807) is 20.8 Å². The largest absolute Gasteiger partial charge is 0.459 e. The summed E-state index contributed by atoms with van der Waals surface area (Å²) in [6, 6.07) is 16.2. The molecule has 174 valence electrons. The summed E-state index contributed by atoms with van der Waals surface area (Å²) in [5.41, 5.74) is 8.56. The van der Waals surface area contributed by atoms with Crippen LogP contribution in [0.25, 0.3) is 10.4 Å². The fourth-order valence-corrected chi connectivity index (χ4v) is 4.16. The van der Waals surface area contributed by atoms with Crippen molar-refractivity contribution >= 4 is 28.0 Å². The van der Waals surface area contributed by atoms with Crippen LogP contribution in [0.1, 0.15) is 38.3 Å². The van der Waals surface area contributed by atoms with E-state index in [0.29, 0.717) is 0 Å². The molecule has 1 aliphatic heterocycles. The van der Waals surface area contributed by atoms with Crippen LogP contribution >= 0.6 is 15.9 Å². The van der Waals surface area contributed by atoms with Gasteiger partial charge in [0.05, 0.1) is 6.04 Å². The quantitative estimate of drug-likeness (QED) is 0.210. The van der Waals surface area contributed by atoms with E-state index in [-0.39, 0.29) is 26.0 Å². The summed E-state index contributed by atoms with van der Waals surface area (Å²) in [5.74, 6) is -0.559. The zero-order chi connectivity index (χ0) is 24.1. The zero-order valence-corrected chi connectivity index (χ0v) is 20.5. The molecule has 2 unspecified atom stereocenters. The van der Waals surface area contributed by atoms with Crippen molar-refractivity contribution in [2.45, 2.75) is 57.4 Å². The van der Waals surface area contributed by atoms with Crippen molar-refractivity contribution in [3.8, 4) is 0 Å². The van der Waals surface area contributed by atoms with Gasteiger partial charge >= 0.3 is 12.1 Å². The first-order valence-corrected chi connectivity index (χ1v) is 11.4. The normalized spacial score (nSPS) is 20.1. The first kappa shape index (κ1) is 24.6. The third kappa shape index (κ3) is 6.27. The van der Waals surface area contributed by atoms with Gasteiger partial charge in [0.15, 0.2) is 0 Å². The fourth-order valence-electron chi connectivity index (χ4n) is 3.90. The Bertz CT molecular complexity index is 1030. The van der Waals surface area contributed by atoms with Crippen molar-refractivity contribution in [3.05, 3.63) is 80.6 Å². The van der Waals surface area contributed by atoms with Gasteiger partial charge in [0.25, 0.3) is 0 Å². The summed E-state index contributed by atoms with van der Waals surface area (Å²) in [6.07, 6.45) is -0.308. The zero-order valence-electron chi connectivity index (χ0n) is 18.9. The third-order valence-electron chi connectivity index (χ3n) is 5.31. The summed E-state index contributed by atoms with van der Waals surface area (Å²) in [4.78, 5) is 31.1. The van der Waals surface area contributed by atoms with Crippen LogP contribution < -0.4 is 0 Å². The SMILES string of the molecule is CC(C)(C)OC(=O)N1CC(N=[N+]=[N-])CC1(Cc1ccc(Br)cc1)C(=O)OCc1ccccc1. The monoisotopic (exact) mass is 514 g/mol. The van der Waals surface area contributed by atoms with E-state index in [2.05, 4.69) is 26.0 Å². The van der Waals surface area contributed by atoms with Crippen LogP contribution in [-0.4, -0.2) is 40.7 Å². The Labute approximate surface area is 201 Å². The van der Waals surface area contributed by atoms with Crippen LogP contribution in [0.3, 0.4) is 0 Å². The molecule has 0 N–H and O–H groups in total. The van der Waals surface area contributed by atoms with E-state index >= 15 is 0 Å². The number of nitrogens with zero attached hydrogens (tertiary/aromatic N) is 4. The average molecular weight is 515 g/mol. The Hall–Kier alpha value is -3.03. The Morgan fingerprint density at radius 2 is 1.82 bits per heavy atom. The summed E-state index contributed by atoms with van der Waals surface area (Å²) in [7, 11) is 0. The van der Waals surface area contributed by atoms with Crippen LogP contribution in [-0.2, 0) is 27.3 Å². The second kappa shape index (κ2) is 10.3. The van der Waals surface area contributed by atoms with Crippen LogP contribution in [0.5, 0.6) is 0 Å². The minimum Gasteiger partial charge on any atom is -0.459 e. The Morgan fingerprint density at radius 1 is 1.15 bits per heavy atom. The Kier molecular flexibility index (Phi) is 7.66. The second-order valence-electron chi connectivity index (χ2n) is 9.05. The van der Waals surface area contributed by atoms with Gasteiger partial charge in [-0.05, 0) is 56.0 Å². The molecule has 1 amide bonds. The molecular formula is C24H27BrN4O4. The van der Waals surface area contributed by atoms with Gasteiger partial charge in [-0.2, -0.15) is 0 Å². The molecule has 1 fully saturated rings. The highest BCUT2D eigenvalue weighted by Crippen LogP contribution is 2.37. The van der Waals surface area contributed by atoms with Gasteiger partial charge < -0.3 is 9.47 Å². The number of benzene rings is 2. The first-order chi connectivity index (χ1) is 15.6. The molecule has 9 heteroatoms. The smallest absolute Gasteiger partial charge is 0.411 e. The molecule has 1 saturated heterocycles. The number of ether oxygens (including phenoxy) is 2. The topological polar surface area (TPSA) is 105 Å². The lowest BCUT2D eigenvalue weighted by atomic mass is 9.87. The van der Waals surface area contributed by atoms with E-state index in [1.165, 1.54) is 4.90 Å². The van der Waals surface area contributed by atoms with Crippen molar-refractivity contribution in [1.29, 1.82) is 0 Å². The van der Waals surface area contributed by atoms with E-state index in [9.17, 15) is 9.59 Å². The standard InChI is InChI=1S/C24H27BrN4O4/c1-23(2,3)33-22(31)29-15-20(27-28-26)14-24(29,13-17-9-11-19(25)12-10-17)21(30)32-16-18-7-5-4-6-8-18/h4-12,20H,13-16H2,1-3H3. The van der Waals surface area contributed by atoms with Crippen molar-refractivity contribution in [1.82, 2.24) is 4.90 Å². The van der Waals surface area contributed by atoms with Crippen molar-refractivity contribution < 1.29 is 19.1 Å². The molecule has 2 atom stereocenters. The van der Waals surface area contributed by atoms with E-state index in [1.807, 2.05) is 54.6 Å².